The van der Waals surface area contributed by atoms with Gasteiger partial charge in [0.25, 0.3) is 5.91 Å². The van der Waals surface area contributed by atoms with Crippen LogP contribution in [0.25, 0.3) is 11.3 Å². The zero-order valence-electron chi connectivity index (χ0n) is 14.8. The molecule has 3 rings (SSSR count). The van der Waals surface area contributed by atoms with Crippen LogP contribution >= 0.6 is 11.6 Å². The number of nitrogens with zero attached hydrogens (tertiary/aromatic N) is 1. The summed E-state index contributed by atoms with van der Waals surface area (Å²) < 4.78 is 50.3. The number of amides is 1. The number of carbonyl (C=O) groups is 2. The minimum absolute atomic E-state index is 0.0231. The van der Waals surface area contributed by atoms with Gasteiger partial charge in [0.1, 0.15) is 5.69 Å². The topological polar surface area (TPSA) is 81.4 Å². The molecule has 0 bridgehead atoms. The van der Waals surface area contributed by atoms with Crippen molar-refractivity contribution in [2.24, 2.45) is 0 Å². The van der Waals surface area contributed by atoms with E-state index in [1.54, 1.807) is 31.2 Å². The fourth-order valence-electron chi connectivity index (χ4n) is 2.44. The molecule has 0 saturated heterocycles. The second-order valence-corrected chi connectivity index (χ2v) is 6.08. The lowest BCUT2D eigenvalue weighted by Gasteiger charge is -2.07. The molecule has 150 valence electrons. The van der Waals surface area contributed by atoms with E-state index in [1.807, 2.05) is 0 Å². The molecule has 0 fully saturated rings. The molecule has 0 aliphatic carbocycles. The summed E-state index contributed by atoms with van der Waals surface area (Å²) in [7, 11) is 0. The van der Waals surface area contributed by atoms with Crippen LogP contribution in [0.1, 0.15) is 27.6 Å². The minimum Gasteiger partial charge on any atom is -0.462 e. The fourth-order valence-corrected chi connectivity index (χ4v) is 2.57. The molecule has 2 aromatic carbocycles. The molecule has 3 aromatic rings. The van der Waals surface area contributed by atoms with Gasteiger partial charge in [-0.1, -0.05) is 28.9 Å². The van der Waals surface area contributed by atoms with Crippen molar-refractivity contribution in [3.63, 3.8) is 0 Å². The SMILES string of the molecule is CCOC(=O)c1c(-c2ccc(Cl)cc2)noc1NC(=O)c1ccc(F)c(F)c1F. The molecular weight excluding hydrogens is 413 g/mol. The van der Waals surface area contributed by atoms with Crippen LogP contribution in [0.4, 0.5) is 19.1 Å². The van der Waals surface area contributed by atoms with Gasteiger partial charge in [-0.05, 0) is 31.2 Å². The Hall–Kier alpha value is -3.33. The van der Waals surface area contributed by atoms with Crippen LogP contribution in [0, 0.1) is 17.5 Å². The van der Waals surface area contributed by atoms with Gasteiger partial charge in [-0.25, -0.2) is 18.0 Å². The Morgan fingerprint density at radius 3 is 2.45 bits per heavy atom. The van der Waals surface area contributed by atoms with E-state index in [-0.39, 0.29) is 17.9 Å². The number of hydrogen-bond acceptors (Lipinski definition) is 5. The Balaban J connectivity index is 2.01. The third kappa shape index (κ3) is 4.09. The molecule has 0 aliphatic heterocycles. The van der Waals surface area contributed by atoms with E-state index in [4.69, 9.17) is 20.9 Å². The molecule has 1 heterocycles. The fraction of sp³-hybridized carbons (Fsp3) is 0.105. The highest BCUT2D eigenvalue weighted by Crippen LogP contribution is 2.31. The van der Waals surface area contributed by atoms with Crippen LogP contribution in [0.3, 0.4) is 0 Å². The van der Waals surface area contributed by atoms with E-state index >= 15 is 0 Å². The first-order chi connectivity index (χ1) is 13.8. The zero-order chi connectivity index (χ0) is 21.1. The largest absolute Gasteiger partial charge is 0.462 e. The van der Waals surface area contributed by atoms with Gasteiger partial charge in [0.05, 0.1) is 12.2 Å². The highest BCUT2D eigenvalue weighted by Gasteiger charge is 2.28. The molecule has 0 atom stereocenters. The van der Waals surface area contributed by atoms with E-state index in [0.717, 1.165) is 6.07 Å². The Morgan fingerprint density at radius 1 is 1.10 bits per heavy atom. The Morgan fingerprint density at radius 2 is 1.79 bits per heavy atom. The van der Waals surface area contributed by atoms with Crippen molar-refractivity contribution in [3.8, 4) is 11.3 Å². The smallest absolute Gasteiger partial charge is 0.346 e. The summed E-state index contributed by atoms with van der Waals surface area (Å²) in [6, 6.07) is 7.57. The van der Waals surface area contributed by atoms with E-state index < -0.39 is 40.8 Å². The van der Waals surface area contributed by atoms with Crippen molar-refractivity contribution in [2.75, 3.05) is 11.9 Å². The first kappa shape index (κ1) is 20.4. The summed E-state index contributed by atoms with van der Waals surface area (Å²) in [5.74, 6) is -7.41. The monoisotopic (exact) mass is 424 g/mol. The second-order valence-electron chi connectivity index (χ2n) is 5.64. The zero-order valence-corrected chi connectivity index (χ0v) is 15.5. The third-order valence-corrected chi connectivity index (χ3v) is 4.05. The van der Waals surface area contributed by atoms with Gasteiger partial charge in [-0.2, -0.15) is 0 Å². The maximum atomic E-state index is 13.9. The Labute approximate surface area is 167 Å². The second kappa shape index (κ2) is 8.36. The van der Waals surface area contributed by atoms with Crippen molar-refractivity contribution in [1.29, 1.82) is 0 Å². The van der Waals surface area contributed by atoms with Crippen molar-refractivity contribution in [2.45, 2.75) is 6.92 Å². The molecule has 0 spiro atoms. The number of aromatic nitrogens is 1. The molecule has 29 heavy (non-hydrogen) atoms. The van der Waals surface area contributed by atoms with Gasteiger partial charge in [-0.15, -0.1) is 0 Å². The molecule has 1 aromatic heterocycles. The van der Waals surface area contributed by atoms with Crippen molar-refractivity contribution in [1.82, 2.24) is 5.16 Å². The number of benzene rings is 2. The van der Waals surface area contributed by atoms with Crippen LogP contribution in [-0.4, -0.2) is 23.6 Å². The number of rotatable bonds is 5. The molecule has 10 heteroatoms. The van der Waals surface area contributed by atoms with Gasteiger partial charge in [-0.3, -0.25) is 10.1 Å². The third-order valence-electron chi connectivity index (χ3n) is 3.80. The predicted octanol–water partition coefficient (Wildman–Crippen LogP) is 4.84. The summed E-state index contributed by atoms with van der Waals surface area (Å²) in [4.78, 5) is 24.7. The molecule has 0 saturated carbocycles. The summed E-state index contributed by atoms with van der Waals surface area (Å²) >= 11 is 5.85. The normalized spacial score (nSPS) is 10.7. The number of esters is 1. The maximum absolute atomic E-state index is 13.9. The first-order valence-electron chi connectivity index (χ1n) is 8.21. The molecular formula is C19H12ClF3N2O4. The lowest BCUT2D eigenvalue weighted by molar-refractivity contribution is 0.0528. The molecule has 0 unspecified atom stereocenters. The molecule has 1 amide bonds. The average molecular weight is 425 g/mol. The maximum Gasteiger partial charge on any atom is 0.346 e. The highest BCUT2D eigenvalue weighted by atomic mass is 35.5. The molecule has 0 aliphatic rings. The molecule has 6 nitrogen and oxygen atoms in total. The quantitative estimate of drug-likeness (QED) is 0.468. The lowest BCUT2D eigenvalue weighted by atomic mass is 10.1. The first-order valence-corrected chi connectivity index (χ1v) is 8.58. The van der Waals surface area contributed by atoms with E-state index in [9.17, 15) is 22.8 Å². The Bertz CT molecular complexity index is 1080. The standard InChI is InChI=1S/C19H12ClF3N2O4/c1-2-28-19(27)13-16(9-3-5-10(20)6-4-9)25-29-18(13)24-17(26)11-7-8-12(21)15(23)14(11)22/h3-8H,2H2,1H3,(H,24,26). The summed E-state index contributed by atoms with van der Waals surface area (Å²) in [5, 5.41) is 6.33. The van der Waals surface area contributed by atoms with E-state index in [2.05, 4.69) is 10.5 Å². The Kier molecular flexibility index (Phi) is 5.88. The molecule has 0 radical (unpaired) electrons. The van der Waals surface area contributed by atoms with Gasteiger partial charge < -0.3 is 9.26 Å². The number of hydrogen-bond donors (Lipinski definition) is 1. The molecule has 1 N–H and O–H groups in total. The van der Waals surface area contributed by atoms with Crippen LogP contribution < -0.4 is 5.32 Å². The van der Waals surface area contributed by atoms with Crippen LogP contribution in [-0.2, 0) is 4.74 Å². The van der Waals surface area contributed by atoms with Gasteiger partial charge in [0.15, 0.2) is 23.0 Å². The number of carbonyl (C=O) groups excluding carboxylic acids is 2. The van der Waals surface area contributed by atoms with E-state index in [1.165, 1.54) is 0 Å². The number of ether oxygens (including phenoxy) is 1. The van der Waals surface area contributed by atoms with Crippen molar-refractivity contribution >= 4 is 29.4 Å². The van der Waals surface area contributed by atoms with Gasteiger partial charge >= 0.3 is 5.97 Å². The lowest BCUT2D eigenvalue weighted by Crippen LogP contribution is -2.17. The number of nitrogens with one attached hydrogen (secondary N) is 1. The van der Waals surface area contributed by atoms with E-state index in [0.29, 0.717) is 16.7 Å². The summed E-state index contributed by atoms with van der Waals surface area (Å²) in [6.45, 7) is 1.59. The number of halogens is 4. The minimum atomic E-state index is -1.80. The summed E-state index contributed by atoms with van der Waals surface area (Å²) in [6.07, 6.45) is 0. The average Bonchev–Trinajstić information content (AvgIpc) is 3.10. The predicted molar refractivity (Wildman–Crippen MR) is 97.2 cm³/mol. The van der Waals surface area contributed by atoms with Crippen LogP contribution in [0.15, 0.2) is 40.9 Å². The van der Waals surface area contributed by atoms with Crippen molar-refractivity contribution < 1.29 is 32.0 Å². The van der Waals surface area contributed by atoms with Crippen LogP contribution in [0.2, 0.25) is 5.02 Å². The van der Waals surface area contributed by atoms with Crippen molar-refractivity contribution in [3.05, 3.63) is 70.0 Å². The summed E-state index contributed by atoms with van der Waals surface area (Å²) in [5.41, 5.74) is -0.546. The number of anilines is 1. The van der Waals surface area contributed by atoms with Gasteiger partial charge in [0.2, 0.25) is 5.88 Å². The van der Waals surface area contributed by atoms with Gasteiger partial charge in [0, 0.05) is 10.6 Å². The van der Waals surface area contributed by atoms with Crippen LogP contribution in [0.5, 0.6) is 0 Å². The highest BCUT2D eigenvalue weighted by molar-refractivity contribution is 6.30.